The first-order valence-corrected chi connectivity index (χ1v) is 11.1. The monoisotopic (exact) mass is 471 g/mol. The third-order valence-electron chi connectivity index (χ3n) is 5.57. The average molecular weight is 472 g/mol. The van der Waals surface area contributed by atoms with E-state index >= 15 is 0 Å². The Morgan fingerprint density at radius 3 is 2.83 bits per heavy atom. The summed E-state index contributed by atoms with van der Waals surface area (Å²) < 4.78 is 6.85. The lowest BCUT2D eigenvalue weighted by molar-refractivity contribution is -0.126. The van der Waals surface area contributed by atoms with Crippen molar-refractivity contribution in [2.24, 2.45) is 5.92 Å². The molecule has 2 aromatic carbocycles. The van der Waals surface area contributed by atoms with Crippen LogP contribution in [-0.4, -0.2) is 42.6 Å². The summed E-state index contributed by atoms with van der Waals surface area (Å²) >= 11 is 3.45. The van der Waals surface area contributed by atoms with Gasteiger partial charge in [0, 0.05) is 24.1 Å². The predicted octanol–water partition coefficient (Wildman–Crippen LogP) is 4.18. The Morgan fingerprint density at radius 2 is 2.00 bits per heavy atom. The number of hydrogen-bond donors (Lipinski definition) is 1. The number of rotatable bonds is 3. The van der Waals surface area contributed by atoms with E-state index in [2.05, 4.69) is 21.2 Å². The molecule has 2 aliphatic rings. The summed E-state index contributed by atoms with van der Waals surface area (Å²) in [5.74, 6) is 0.539. The summed E-state index contributed by atoms with van der Waals surface area (Å²) in [5.41, 5.74) is 1.84. The number of anilines is 1. The highest BCUT2D eigenvalue weighted by molar-refractivity contribution is 9.10. The molecule has 6 nitrogen and oxygen atoms in total. The third-order valence-corrected chi connectivity index (χ3v) is 6.07. The second-order valence-electron chi connectivity index (χ2n) is 7.92. The van der Waals surface area contributed by atoms with Gasteiger partial charge in [0.2, 0.25) is 5.91 Å². The van der Waals surface area contributed by atoms with Crippen molar-refractivity contribution in [2.45, 2.75) is 32.4 Å². The SMILES string of the molecule is C[C@@H]1CN(C(=O)N2CCC[C@H](C(=O)NCc3cccc(Br)c3)C2)c2ccccc2O1. The zero-order chi connectivity index (χ0) is 21.1. The topological polar surface area (TPSA) is 61.9 Å². The number of fused-ring (bicyclic) bond motifs is 1. The van der Waals surface area contributed by atoms with Crippen LogP contribution >= 0.6 is 15.9 Å². The van der Waals surface area contributed by atoms with Crippen LogP contribution in [-0.2, 0) is 11.3 Å². The van der Waals surface area contributed by atoms with E-state index < -0.39 is 0 Å². The maximum atomic E-state index is 13.3. The number of halogens is 1. The Hall–Kier alpha value is -2.54. The van der Waals surface area contributed by atoms with Gasteiger partial charge in [0.25, 0.3) is 0 Å². The molecule has 1 saturated heterocycles. The second-order valence-corrected chi connectivity index (χ2v) is 8.84. The molecule has 0 aromatic heterocycles. The van der Waals surface area contributed by atoms with Gasteiger partial charge in [0.1, 0.15) is 11.9 Å². The number of nitrogens with one attached hydrogen (secondary N) is 1. The minimum atomic E-state index is -0.191. The number of amides is 3. The van der Waals surface area contributed by atoms with E-state index in [4.69, 9.17) is 4.74 Å². The average Bonchev–Trinajstić information content (AvgIpc) is 2.76. The molecule has 0 radical (unpaired) electrons. The molecule has 2 aliphatic heterocycles. The number of likely N-dealkylation sites (tertiary alicyclic amines) is 1. The van der Waals surface area contributed by atoms with E-state index in [0.29, 0.717) is 26.2 Å². The first kappa shape index (κ1) is 20.7. The quantitative estimate of drug-likeness (QED) is 0.729. The molecule has 1 fully saturated rings. The Morgan fingerprint density at radius 1 is 1.17 bits per heavy atom. The molecule has 1 N–H and O–H groups in total. The van der Waals surface area contributed by atoms with Gasteiger partial charge in [0.15, 0.2) is 0 Å². The number of para-hydroxylation sites is 2. The van der Waals surface area contributed by atoms with Gasteiger partial charge in [-0.2, -0.15) is 0 Å². The lowest BCUT2D eigenvalue weighted by Gasteiger charge is -2.39. The van der Waals surface area contributed by atoms with Crippen LogP contribution in [0.5, 0.6) is 5.75 Å². The Kier molecular flexibility index (Phi) is 6.27. The maximum absolute atomic E-state index is 13.3. The van der Waals surface area contributed by atoms with E-state index in [0.717, 1.165) is 34.3 Å². The van der Waals surface area contributed by atoms with Crippen molar-refractivity contribution < 1.29 is 14.3 Å². The van der Waals surface area contributed by atoms with Crippen LogP contribution in [0.4, 0.5) is 10.5 Å². The Bertz CT molecular complexity index is 935. The van der Waals surface area contributed by atoms with Gasteiger partial charge in [-0.3, -0.25) is 9.69 Å². The van der Waals surface area contributed by atoms with Crippen molar-refractivity contribution in [3.05, 3.63) is 58.6 Å². The van der Waals surface area contributed by atoms with Gasteiger partial charge < -0.3 is 15.0 Å². The number of piperidine rings is 1. The van der Waals surface area contributed by atoms with Crippen LogP contribution in [0, 0.1) is 5.92 Å². The first-order chi connectivity index (χ1) is 14.5. The highest BCUT2D eigenvalue weighted by Crippen LogP contribution is 2.34. The van der Waals surface area contributed by atoms with E-state index in [-0.39, 0.29) is 24.0 Å². The maximum Gasteiger partial charge on any atom is 0.324 e. The third kappa shape index (κ3) is 4.61. The first-order valence-electron chi connectivity index (χ1n) is 10.4. The van der Waals surface area contributed by atoms with Gasteiger partial charge in [-0.25, -0.2) is 4.79 Å². The Balaban J connectivity index is 1.40. The largest absolute Gasteiger partial charge is 0.487 e. The molecule has 30 heavy (non-hydrogen) atoms. The number of carbonyl (C=O) groups is 2. The van der Waals surface area contributed by atoms with E-state index in [1.54, 1.807) is 4.90 Å². The normalized spacial score (nSPS) is 20.9. The van der Waals surface area contributed by atoms with E-state index in [1.807, 2.05) is 60.4 Å². The molecule has 3 amide bonds. The minimum absolute atomic E-state index is 0.00298. The summed E-state index contributed by atoms with van der Waals surface area (Å²) in [5, 5.41) is 3.03. The lowest BCUT2D eigenvalue weighted by atomic mass is 9.97. The van der Waals surface area contributed by atoms with Crippen molar-refractivity contribution in [1.29, 1.82) is 0 Å². The minimum Gasteiger partial charge on any atom is -0.487 e. The van der Waals surface area contributed by atoms with Crippen LogP contribution in [0.15, 0.2) is 53.0 Å². The fourth-order valence-electron chi connectivity index (χ4n) is 4.09. The summed E-state index contributed by atoms with van der Waals surface area (Å²) in [6.07, 6.45) is 1.55. The summed E-state index contributed by atoms with van der Waals surface area (Å²) in [4.78, 5) is 29.7. The zero-order valence-corrected chi connectivity index (χ0v) is 18.6. The van der Waals surface area contributed by atoms with Crippen LogP contribution in [0.25, 0.3) is 0 Å². The lowest BCUT2D eigenvalue weighted by Crippen LogP contribution is -2.53. The molecule has 158 valence electrons. The molecule has 2 heterocycles. The molecule has 0 bridgehead atoms. The second kappa shape index (κ2) is 9.08. The molecular formula is C23H26BrN3O3. The summed E-state index contributed by atoms with van der Waals surface area (Å²) in [6.45, 7) is 4.06. The van der Waals surface area contributed by atoms with Crippen molar-refractivity contribution in [1.82, 2.24) is 10.2 Å². The predicted molar refractivity (Wildman–Crippen MR) is 120 cm³/mol. The number of benzene rings is 2. The highest BCUT2D eigenvalue weighted by Gasteiger charge is 2.34. The molecular weight excluding hydrogens is 446 g/mol. The van der Waals surface area contributed by atoms with Crippen LogP contribution < -0.4 is 15.0 Å². The summed E-state index contributed by atoms with van der Waals surface area (Å²) in [6, 6.07) is 15.5. The van der Waals surface area contributed by atoms with Crippen LogP contribution in [0.3, 0.4) is 0 Å². The van der Waals surface area contributed by atoms with E-state index in [1.165, 1.54) is 0 Å². The van der Waals surface area contributed by atoms with Gasteiger partial charge in [-0.05, 0) is 49.6 Å². The number of carbonyl (C=O) groups excluding carboxylic acids is 2. The fraction of sp³-hybridized carbons (Fsp3) is 0.391. The van der Waals surface area contributed by atoms with Gasteiger partial charge in [-0.15, -0.1) is 0 Å². The summed E-state index contributed by atoms with van der Waals surface area (Å²) in [7, 11) is 0. The van der Waals surface area contributed by atoms with Crippen molar-refractivity contribution in [3.63, 3.8) is 0 Å². The molecule has 2 atom stereocenters. The number of urea groups is 1. The molecule has 2 aromatic rings. The molecule has 4 rings (SSSR count). The molecule has 0 spiro atoms. The van der Waals surface area contributed by atoms with Crippen LogP contribution in [0.1, 0.15) is 25.3 Å². The number of ether oxygens (including phenoxy) is 1. The van der Waals surface area contributed by atoms with E-state index in [9.17, 15) is 9.59 Å². The van der Waals surface area contributed by atoms with Crippen molar-refractivity contribution >= 4 is 33.6 Å². The number of hydrogen-bond acceptors (Lipinski definition) is 3. The molecule has 0 saturated carbocycles. The molecule has 0 aliphatic carbocycles. The van der Waals surface area contributed by atoms with Gasteiger partial charge in [-0.1, -0.05) is 40.2 Å². The van der Waals surface area contributed by atoms with Crippen molar-refractivity contribution in [2.75, 3.05) is 24.5 Å². The Labute approximate surface area is 185 Å². The molecule has 0 unspecified atom stereocenters. The standard InChI is InChI=1S/C23H26BrN3O3/c1-16-14-27(20-9-2-3-10-21(20)30-16)23(29)26-11-5-7-18(15-26)22(28)25-13-17-6-4-8-19(24)12-17/h2-4,6,8-10,12,16,18H,5,7,11,13-15H2,1H3,(H,25,28)/t16-,18+/m1/s1. The highest BCUT2D eigenvalue weighted by atomic mass is 79.9. The fourth-order valence-corrected chi connectivity index (χ4v) is 4.53. The number of nitrogens with zero attached hydrogens (tertiary/aromatic N) is 2. The zero-order valence-electron chi connectivity index (χ0n) is 17.0. The van der Waals surface area contributed by atoms with Gasteiger partial charge in [0.05, 0.1) is 18.2 Å². The molecule has 7 heteroatoms. The van der Waals surface area contributed by atoms with Gasteiger partial charge >= 0.3 is 6.03 Å². The van der Waals surface area contributed by atoms with Crippen molar-refractivity contribution in [3.8, 4) is 5.75 Å². The smallest absolute Gasteiger partial charge is 0.324 e. The van der Waals surface area contributed by atoms with Crippen LogP contribution in [0.2, 0.25) is 0 Å².